The van der Waals surface area contributed by atoms with Gasteiger partial charge in [-0.3, -0.25) is 4.79 Å². The smallest absolute Gasteiger partial charge is 0.152 e. The number of carbonyl (C=O) groups excluding carboxylic acids is 1. The van der Waals surface area contributed by atoms with Crippen molar-refractivity contribution >= 4 is 29.5 Å². The van der Waals surface area contributed by atoms with E-state index in [1.165, 1.54) is 0 Å². The van der Waals surface area contributed by atoms with Gasteiger partial charge in [0.05, 0.1) is 27.1 Å². The molecule has 0 fully saturated rings. The summed E-state index contributed by atoms with van der Waals surface area (Å²) in [5.41, 5.74) is 2.53. The summed E-state index contributed by atoms with van der Waals surface area (Å²) in [6, 6.07) is 5.13. The Labute approximate surface area is 109 Å². The summed E-state index contributed by atoms with van der Waals surface area (Å²) in [4.78, 5) is 11.0. The molecule has 0 saturated heterocycles. The van der Waals surface area contributed by atoms with Crippen molar-refractivity contribution in [3.8, 4) is 5.69 Å². The molecular weight excluding hydrogens is 259 g/mol. The lowest BCUT2D eigenvalue weighted by Crippen LogP contribution is -2.04. The lowest BCUT2D eigenvalue weighted by molar-refractivity contribution is 0.112. The molecule has 0 aliphatic rings. The maximum absolute atomic E-state index is 11.0. The summed E-state index contributed by atoms with van der Waals surface area (Å²) in [7, 11) is 0. The second-order valence-electron chi connectivity index (χ2n) is 3.69. The van der Waals surface area contributed by atoms with Crippen LogP contribution in [0.4, 0.5) is 0 Å². The van der Waals surface area contributed by atoms with E-state index < -0.39 is 0 Å². The van der Waals surface area contributed by atoms with Gasteiger partial charge >= 0.3 is 0 Å². The van der Waals surface area contributed by atoms with Crippen molar-refractivity contribution in [3.63, 3.8) is 0 Å². The Morgan fingerprint density at radius 3 is 2.53 bits per heavy atom. The average molecular weight is 269 g/mol. The van der Waals surface area contributed by atoms with E-state index in [-0.39, 0.29) is 0 Å². The molecule has 0 amide bonds. The molecule has 1 aromatic heterocycles. The van der Waals surface area contributed by atoms with E-state index in [0.717, 1.165) is 12.0 Å². The summed E-state index contributed by atoms with van der Waals surface area (Å²) in [5.74, 6) is 0. The van der Waals surface area contributed by atoms with Crippen LogP contribution in [0.2, 0.25) is 10.0 Å². The van der Waals surface area contributed by atoms with Crippen LogP contribution in [0.1, 0.15) is 21.7 Å². The normalized spacial score (nSPS) is 10.6. The van der Waals surface area contributed by atoms with Crippen molar-refractivity contribution in [2.75, 3.05) is 0 Å². The van der Waals surface area contributed by atoms with Gasteiger partial charge in [0, 0.05) is 5.56 Å². The minimum Gasteiger partial charge on any atom is -0.298 e. The Bertz CT molecular complexity index is 590. The third kappa shape index (κ3) is 1.96. The Kier molecular flexibility index (Phi) is 3.22. The highest BCUT2D eigenvalue weighted by Gasteiger charge is 2.15. The van der Waals surface area contributed by atoms with Gasteiger partial charge in [0.25, 0.3) is 0 Å². The number of hydrogen-bond acceptors (Lipinski definition) is 2. The highest BCUT2D eigenvalue weighted by Crippen LogP contribution is 2.28. The fraction of sp³-hybridized carbons (Fsp3) is 0.167. The van der Waals surface area contributed by atoms with Crippen LogP contribution in [0.25, 0.3) is 5.69 Å². The molecule has 2 rings (SSSR count). The van der Waals surface area contributed by atoms with Crippen LogP contribution in [0.15, 0.2) is 18.2 Å². The van der Waals surface area contributed by atoms with Gasteiger partial charge < -0.3 is 0 Å². The lowest BCUT2D eigenvalue weighted by atomic mass is 10.2. The van der Waals surface area contributed by atoms with Crippen LogP contribution >= 0.6 is 23.2 Å². The van der Waals surface area contributed by atoms with Crippen LogP contribution in [-0.4, -0.2) is 16.1 Å². The molecule has 0 aliphatic carbocycles. The minimum absolute atomic E-state index is 0.469. The van der Waals surface area contributed by atoms with Gasteiger partial charge in [0.2, 0.25) is 0 Å². The largest absolute Gasteiger partial charge is 0.298 e. The number of para-hydroxylation sites is 1. The molecule has 17 heavy (non-hydrogen) atoms. The summed E-state index contributed by atoms with van der Waals surface area (Å²) in [6.07, 6.45) is 0.756. The molecule has 0 saturated carbocycles. The van der Waals surface area contributed by atoms with Crippen molar-refractivity contribution in [1.82, 2.24) is 9.78 Å². The molecule has 1 aromatic carbocycles. The maximum Gasteiger partial charge on any atom is 0.152 e. The molecule has 0 atom stereocenters. The van der Waals surface area contributed by atoms with E-state index in [1.807, 2.05) is 13.8 Å². The zero-order chi connectivity index (χ0) is 12.6. The number of aromatic nitrogens is 2. The molecule has 2 aromatic rings. The van der Waals surface area contributed by atoms with Gasteiger partial charge in [0.1, 0.15) is 0 Å². The number of hydrogen-bond donors (Lipinski definition) is 0. The first-order chi connectivity index (χ1) is 8.06. The van der Waals surface area contributed by atoms with Crippen LogP contribution in [0.5, 0.6) is 0 Å². The molecule has 1 heterocycles. The molecule has 0 aliphatic heterocycles. The number of benzene rings is 1. The molecule has 0 spiro atoms. The zero-order valence-corrected chi connectivity index (χ0v) is 10.9. The van der Waals surface area contributed by atoms with Gasteiger partial charge in [0.15, 0.2) is 6.29 Å². The molecule has 0 radical (unpaired) electrons. The van der Waals surface area contributed by atoms with Crippen molar-refractivity contribution < 1.29 is 4.79 Å². The van der Waals surface area contributed by atoms with Gasteiger partial charge in [-0.1, -0.05) is 29.3 Å². The first-order valence-electron chi connectivity index (χ1n) is 5.02. The van der Waals surface area contributed by atoms with Gasteiger partial charge in [-0.25, -0.2) is 4.68 Å². The van der Waals surface area contributed by atoms with Crippen LogP contribution in [-0.2, 0) is 0 Å². The molecule has 0 N–H and O–H groups in total. The number of carbonyl (C=O) groups is 1. The number of aldehydes is 1. The van der Waals surface area contributed by atoms with Crippen LogP contribution in [0.3, 0.4) is 0 Å². The van der Waals surface area contributed by atoms with E-state index in [2.05, 4.69) is 5.10 Å². The number of halogens is 2. The quantitative estimate of drug-likeness (QED) is 0.780. The summed E-state index contributed by atoms with van der Waals surface area (Å²) in [5, 5.41) is 5.35. The Hall–Kier alpha value is -1.32. The van der Waals surface area contributed by atoms with Gasteiger partial charge in [-0.05, 0) is 26.0 Å². The number of nitrogens with zero attached hydrogens (tertiary/aromatic N) is 2. The predicted octanol–water partition coefficient (Wildman–Crippen LogP) is 3.61. The minimum atomic E-state index is 0.469. The van der Waals surface area contributed by atoms with E-state index >= 15 is 0 Å². The van der Waals surface area contributed by atoms with E-state index in [0.29, 0.717) is 27.0 Å². The molecule has 3 nitrogen and oxygen atoms in total. The molecular formula is C12H10Cl2N2O. The van der Waals surface area contributed by atoms with Gasteiger partial charge in [-0.15, -0.1) is 0 Å². The first-order valence-corrected chi connectivity index (χ1v) is 5.77. The zero-order valence-electron chi connectivity index (χ0n) is 9.37. The number of rotatable bonds is 2. The molecule has 0 bridgehead atoms. The Morgan fingerprint density at radius 1 is 1.29 bits per heavy atom. The monoisotopic (exact) mass is 268 g/mol. The summed E-state index contributed by atoms with van der Waals surface area (Å²) in [6.45, 7) is 3.64. The molecule has 88 valence electrons. The third-order valence-electron chi connectivity index (χ3n) is 2.56. The van der Waals surface area contributed by atoms with Crippen molar-refractivity contribution in [2.24, 2.45) is 0 Å². The second kappa shape index (κ2) is 4.51. The predicted molar refractivity (Wildman–Crippen MR) is 68.4 cm³/mol. The third-order valence-corrected chi connectivity index (χ3v) is 3.41. The van der Waals surface area contributed by atoms with Crippen molar-refractivity contribution in [1.29, 1.82) is 0 Å². The second-order valence-corrected chi connectivity index (χ2v) is 4.48. The lowest BCUT2D eigenvalue weighted by Gasteiger charge is -2.09. The first kappa shape index (κ1) is 12.1. The Balaban J connectivity index is 2.76. The number of aryl methyl sites for hydroxylation is 1. The van der Waals surface area contributed by atoms with E-state index in [1.54, 1.807) is 22.9 Å². The SMILES string of the molecule is Cc1nn(-c2c(Cl)cccc2C=O)c(C)c1Cl. The summed E-state index contributed by atoms with van der Waals surface area (Å²) < 4.78 is 1.60. The summed E-state index contributed by atoms with van der Waals surface area (Å²) >= 11 is 12.2. The average Bonchev–Trinajstić information content (AvgIpc) is 2.56. The molecule has 5 heteroatoms. The van der Waals surface area contributed by atoms with Crippen molar-refractivity contribution in [2.45, 2.75) is 13.8 Å². The maximum atomic E-state index is 11.0. The van der Waals surface area contributed by atoms with Crippen LogP contribution < -0.4 is 0 Å². The Morgan fingerprint density at radius 2 is 2.00 bits per heavy atom. The molecule has 0 unspecified atom stereocenters. The topological polar surface area (TPSA) is 34.9 Å². The fourth-order valence-corrected chi connectivity index (χ4v) is 2.07. The van der Waals surface area contributed by atoms with Crippen LogP contribution in [0, 0.1) is 13.8 Å². The fourth-order valence-electron chi connectivity index (χ4n) is 1.69. The van der Waals surface area contributed by atoms with Gasteiger partial charge in [-0.2, -0.15) is 5.10 Å². The van der Waals surface area contributed by atoms with E-state index in [4.69, 9.17) is 23.2 Å². The van der Waals surface area contributed by atoms with Crippen molar-refractivity contribution in [3.05, 3.63) is 45.2 Å². The standard InChI is InChI=1S/C12H10Cl2N2O/c1-7-11(14)8(2)16(15-7)12-9(6-17)4-3-5-10(12)13/h3-6H,1-2H3. The van der Waals surface area contributed by atoms with E-state index in [9.17, 15) is 4.79 Å². The highest BCUT2D eigenvalue weighted by atomic mass is 35.5. The highest BCUT2D eigenvalue weighted by molar-refractivity contribution is 6.33.